The molecule has 0 atom stereocenters. The molecule has 14 heavy (non-hydrogen) atoms. The topological polar surface area (TPSA) is 60.5 Å². The van der Waals surface area contributed by atoms with Gasteiger partial charge in [0, 0.05) is 11.6 Å². The second kappa shape index (κ2) is 3.16. The lowest BCUT2D eigenvalue weighted by molar-refractivity contribution is 1.30. The molecule has 1 aromatic heterocycles. The first-order valence-electron chi connectivity index (χ1n) is 4.04. The Morgan fingerprint density at radius 1 is 1.07 bits per heavy atom. The van der Waals surface area contributed by atoms with Gasteiger partial charge in [0.2, 0.25) is 0 Å². The van der Waals surface area contributed by atoms with Crippen molar-refractivity contribution in [1.29, 1.82) is 10.5 Å². The number of nitrogens with zero attached hydrogens (tertiary/aromatic N) is 3. The third-order valence-corrected chi connectivity index (χ3v) is 2.00. The molecular formula is C11H5N3. The summed E-state index contributed by atoms with van der Waals surface area (Å²) < 4.78 is 0. The van der Waals surface area contributed by atoms with Crippen LogP contribution in [0, 0.1) is 22.7 Å². The molecule has 1 aromatic carbocycles. The van der Waals surface area contributed by atoms with Gasteiger partial charge in [-0.25, -0.2) is 4.98 Å². The van der Waals surface area contributed by atoms with E-state index >= 15 is 0 Å². The SMILES string of the molecule is N#Cc1ccc2ccnc(C#N)c2c1. The monoisotopic (exact) mass is 179 g/mol. The van der Waals surface area contributed by atoms with Crippen molar-refractivity contribution in [2.24, 2.45) is 0 Å². The largest absolute Gasteiger partial charge is 0.245 e. The van der Waals surface area contributed by atoms with Crippen molar-refractivity contribution in [1.82, 2.24) is 4.98 Å². The van der Waals surface area contributed by atoms with Crippen molar-refractivity contribution in [3.05, 3.63) is 41.7 Å². The number of benzene rings is 1. The van der Waals surface area contributed by atoms with Crippen LogP contribution < -0.4 is 0 Å². The zero-order valence-electron chi connectivity index (χ0n) is 7.23. The van der Waals surface area contributed by atoms with Gasteiger partial charge in [-0.05, 0) is 23.6 Å². The van der Waals surface area contributed by atoms with E-state index in [1.165, 1.54) is 0 Å². The number of hydrogen-bond acceptors (Lipinski definition) is 3. The zero-order chi connectivity index (χ0) is 9.97. The summed E-state index contributed by atoms with van der Waals surface area (Å²) in [5.41, 5.74) is 0.904. The maximum atomic E-state index is 8.80. The molecular weight excluding hydrogens is 174 g/mol. The Morgan fingerprint density at radius 2 is 1.93 bits per heavy atom. The highest BCUT2D eigenvalue weighted by Crippen LogP contribution is 2.17. The minimum atomic E-state index is 0.361. The van der Waals surface area contributed by atoms with Crippen LogP contribution in [-0.4, -0.2) is 4.98 Å². The third kappa shape index (κ3) is 1.18. The molecule has 0 saturated heterocycles. The number of fused-ring (bicyclic) bond motifs is 1. The Labute approximate surface area is 80.8 Å². The summed E-state index contributed by atoms with van der Waals surface area (Å²) in [7, 11) is 0. The van der Waals surface area contributed by atoms with E-state index in [1.54, 1.807) is 18.3 Å². The summed E-state index contributed by atoms with van der Waals surface area (Å²) in [5, 5.41) is 19.2. The van der Waals surface area contributed by atoms with Gasteiger partial charge in [0.15, 0.2) is 0 Å². The van der Waals surface area contributed by atoms with E-state index in [2.05, 4.69) is 4.98 Å². The summed E-state index contributed by atoms with van der Waals surface area (Å²) in [5.74, 6) is 0. The first-order valence-corrected chi connectivity index (χ1v) is 4.04. The molecule has 1 heterocycles. The van der Waals surface area contributed by atoms with Crippen LogP contribution in [0.4, 0.5) is 0 Å². The summed E-state index contributed by atoms with van der Waals surface area (Å²) in [6.07, 6.45) is 1.59. The fourth-order valence-corrected chi connectivity index (χ4v) is 1.33. The lowest BCUT2D eigenvalue weighted by Gasteiger charge is -1.98. The summed E-state index contributed by atoms with van der Waals surface area (Å²) >= 11 is 0. The minimum Gasteiger partial charge on any atom is -0.245 e. The van der Waals surface area contributed by atoms with Gasteiger partial charge in [-0.3, -0.25) is 0 Å². The molecule has 0 spiro atoms. The Kier molecular flexibility index (Phi) is 1.86. The van der Waals surface area contributed by atoms with E-state index in [9.17, 15) is 0 Å². The minimum absolute atomic E-state index is 0.361. The van der Waals surface area contributed by atoms with Crippen LogP contribution in [0.15, 0.2) is 30.5 Å². The summed E-state index contributed by atoms with van der Waals surface area (Å²) in [4.78, 5) is 3.93. The van der Waals surface area contributed by atoms with Gasteiger partial charge >= 0.3 is 0 Å². The van der Waals surface area contributed by atoms with Gasteiger partial charge in [-0.1, -0.05) is 6.07 Å². The quantitative estimate of drug-likeness (QED) is 0.621. The molecule has 0 aliphatic carbocycles. The standard InChI is InChI=1S/C11H5N3/c12-6-8-1-2-9-3-4-14-11(7-13)10(9)5-8/h1-5H. The predicted octanol–water partition coefficient (Wildman–Crippen LogP) is 1.98. The summed E-state index contributed by atoms with van der Waals surface area (Å²) in [6, 6.07) is 11.1. The third-order valence-electron chi connectivity index (χ3n) is 2.00. The molecule has 0 unspecified atom stereocenters. The smallest absolute Gasteiger partial charge is 0.148 e. The van der Waals surface area contributed by atoms with Crippen molar-refractivity contribution in [3.63, 3.8) is 0 Å². The Morgan fingerprint density at radius 3 is 2.64 bits per heavy atom. The first kappa shape index (κ1) is 8.22. The van der Waals surface area contributed by atoms with Crippen LogP contribution in [0.25, 0.3) is 10.8 Å². The highest BCUT2D eigenvalue weighted by molar-refractivity contribution is 5.87. The van der Waals surface area contributed by atoms with Gasteiger partial charge in [-0.15, -0.1) is 0 Å². The highest BCUT2D eigenvalue weighted by atomic mass is 14.7. The van der Waals surface area contributed by atoms with E-state index < -0.39 is 0 Å². The number of rotatable bonds is 0. The molecule has 0 amide bonds. The van der Waals surface area contributed by atoms with Crippen molar-refractivity contribution in [3.8, 4) is 12.1 Å². The summed E-state index contributed by atoms with van der Waals surface area (Å²) in [6.45, 7) is 0. The van der Waals surface area contributed by atoms with Crippen LogP contribution in [0.3, 0.4) is 0 Å². The highest BCUT2D eigenvalue weighted by Gasteiger charge is 2.01. The molecule has 0 fully saturated rings. The first-order chi connectivity index (χ1) is 6.85. The fraction of sp³-hybridized carbons (Fsp3) is 0. The van der Waals surface area contributed by atoms with Gasteiger partial charge < -0.3 is 0 Å². The van der Waals surface area contributed by atoms with Crippen LogP contribution >= 0.6 is 0 Å². The van der Waals surface area contributed by atoms with Gasteiger partial charge in [0.25, 0.3) is 0 Å². The fourth-order valence-electron chi connectivity index (χ4n) is 1.33. The number of aromatic nitrogens is 1. The molecule has 2 rings (SSSR count). The van der Waals surface area contributed by atoms with Gasteiger partial charge in [-0.2, -0.15) is 10.5 Å². The Balaban J connectivity index is 2.86. The van der Waals surface area contributed by atoms with Crippen molar-refractivity contribution >= 4 is 10.8 Å². The number of pyridine rings is 1. The normalized spacial score (nSPS) is 9.29. The number of nitriles is 2. The van der Waals surface area contributed by atoms with E-state index in [1.807, 2.05) is 24.3 Å². The molecule has 3 nitrogen and oxygen atoms in total. The molecule has 0 aliphatic rings. The molecule has 0 N–H and O–H groups in total. The molecule has 0 radical (unpaired) electrons. The maximum absolute atomic E-state index is 8.80. The Bertz CT molecular complexity index is 573. The molecule has 0 aliphatic heterocycles. The van der Waals surface area contributed by atoms with E-state index in [0.717, 1.165) is 10.8 Å². The maximum Gasteiger partial charge on any atom is 0.148 e. The van der Waals surface area contributed by atoms with E-state index in [4.69, 9.17) is 10.5 Å². The average molecular weight is 179 g/mol. The molecule has 2 aromatic rings. The van der Waals surface area contributed by atoms with E-state index in [-0.39, 0.29) is 0 Å². The van der Waals surface area contributed by atoms with Crippen LogP contribution in [0.1, 0.15) is 11.3 Å². The second-order valence-electron chi connectivity index (χ2n) is 2.82. The van der Waals surface area contributed by atoms with Crippen LogP contribution in [0.5, 0.6) is 0 Å². The van der Waals surface area contributed by atoms with Crippen LogP contribution in [0.2, 0.25) is 0 Å². The molecule has 64 valence electrons. The zero-order valence-corrected chi connectivity index (χ0v) is 7.23. The van der Waals surface area contributed by atoms with Crippen molar-refractivity contribution in [2.75, 3.05) is 0 Å². The Hall–Kier alpha value is -2.39. The predicted molar refractivity (Wildman–Crippen MR) is 51.2 cm³/mol. The number of hydrogen-bond donors (Lipinski definition) is 0. The lowest BCUT2D eigenvalue weighted by Crippen LogP contribution is -1.85. The van der Waals surface area contributed by atoms with Gasteiger partial charge in [0.05, 0.1) is 11.6 Å². The molecule has 0 bridgehead atoms. The second-order valence-corrected chi connectivity index (χ2v) is 2.82. The van der Waals surface area contributed by atoms with Crippen molar-refractivity contribution < 1.29 is 0 Å². The van der Waals surface area contributed by atoms with Gasteiger partial charge in [0.1, 0.15) is 11.8 Å². The molecule has 0 saturated carbocycles. The van der Waals surface area contributed by atoms with Crippen LogP contribution in [-0.2, 0) is 0 Å². The van der Waals surface area contributed by atoms with E-state index in [0.29, 0.717) is 11.3 Å². The molecule has 3 heteroatoms. The average Bonchev–Trinajstić information content (AvgIpc) is 2.27. The lowest BCUT2D eigenvalue weighted by atomic mass is 10.1. The van der Waals surface area contributed by atoms with Crippen molar-refractivity contribution in [2.45, 2.75) is 0 Å².